The number of nitrogens with zero attached hydrogens (tertiary/aromatic N) is 1. The number of nitrogens with one attached hydrogen (secondary N) is 1. The maximum atomic E-state index is 13.0. The Balaban J connectivity index is 1.84. The molecule has 0 saturated heterocycles. The number of rotatable bonds is 4. The number of amides is 2. The van der Waals surface area contributed by atoms with E-state index >= 15 is 0 Å². The Labute approximate surface area is 157 Å². The zero-order valence-electron chi connectivity index (χ0n) is 15.2. The van der Waals surface area contributed by atoms with Crippen molar-refractivity contribution in [1.29, 1.82) is 0 Å². The van der Waals surface area contributed by atoms with Gasteiger partial charge in [0.05, 0.1) is 12.7 Å². The lowest BCUT2D eigenvalue weighted by molar-refractivity contribution is -0.111. The third kappa shape index (κ3) is 3.60. The van der Waals surface area contributed by atoms with Gasteiger partial charge < -0.3 is 15.0 Å². The first-order valence-corrected chi connectivity index (χ1v) is 8.52. The summed E-state index contributed by atoms with van der Waals surface area (Å²) in [5.41, 5.74) is 3.32. The second kappa shape index (κ2) is 7.45. The molecule has 27 heavy (non-hydrogen) atoms. The van der Waals surface area contributed by atoms with Crippen molar-refractivity contribution in [3.05, 3.63) is 71.8 Å². The topological polar surface area (TPSA) is 75.7 Å². The van der Waals surface area contributed by atoms with Crippen LogP contribution in [0.15, 0.2) is 55.1 Å². The fraction of sp³-hybridized carbons (Fsp3) is 0.190. The third-order valence-electron chi connectivity index (χ3n) is 4.56. The van der Waals surface area contributed by atoms with Crippen LogP contribution in [0, 0.1) is 0 Å². The third-order valence-corrected chi connectivity index (χ3v) is 4.56. The highest BCUT2D eigenvalue weighted by molar-refractivity contribution is 6.08. The van der Waals surface area contributed by atoms with Crippen LogP contribution in [0.3, 0.4) is 0 Å². The lowest BCUT2D eigenvalue weighted by atomic mass is 10.0. The number of ether oxygens (including phenoxy) is 1. The van der Waals surface area contributed by atoms with Crippen LogP contribution >= 0.6 is 0 Å². The van der Waals surface area contributed by atoms with Crippen molar-refractivity contribution in [1.82, 2.24) is 0 Å². The number of benzene rings is 2. The smallest absolute Gasteiger partial charge is 0.337 e. The fourth-order valence-corrected chi connectivity index (χ4v) is 3.15. The SMILES string of the molecule is C=CC(=O)Nc1ccc(C(=O)N2CC(C)c3cc(C(=O)OC)ccc32)cc1. The lowest BCUT2D eigenvalue weighted by Gasteiger charge is -2.18. The van der Waals surface area contributed by atoms with E-state index in [2.05, 4.69) is 11.9 Å². The Bertz CT molecular complexity index is 918. The van der Waals surface area contributed by atoms with Crippen molar-refractivity contribution in [2.75, 3.05) is 23.9 Å². The van der Waals surface area contributed by atoms with Crippen LogP contribution < -0.4 is 10.2 Å². The van der Waals surface area contributed by atoms with Crippen LogP contribution in [0.2, 0.25) is 0 Å². The summed E-state index contributed by atoms with van der Waals surface area (Å²) < 4.78 is 4.77. The molecule has 138 valence electrons. The van der Waals surface area contributed by atoms with E-state index < -0.39 is 5.97 Å². The quantitative estimate of drug-likeness (QED) is 0.667. The number of esters is 1. The van der Waals surface area contributed by atoms with E-state index in [0.29, 0.717) is 23.4 Å². The second-order valence-electron chi connectivity index (χ2n) is 6.35. The molecule has 1 atom stereocenters. The monoisotopic (exact) mass is 364 g/mol. The van der Waals surface area contributed by atoms with Gasteiger partial charge in [0.15, 0.2) is 0 Å². The average molecular weight is 364 g/mol. The molecule has 1 N–H and O–H groups in total. The van der Waals surface area contributed by atoms with Crippen LogP contribution in [-0.4, -0.2) is 31.4 Å². The summed E-state index contributed by atoms with van der Waals surface area (Å²) in [4.78, 5) is 37.7. The molecule has 0 saturated carbocycles. The first-order chi connectivity index (χ1) is 12.9. The maximum Gasteiger partial charge on any atom is 0.337 e. The van der Waals surface area contributed by atoms with E-state index in [4.69, 9.17) is 4.74 Å². The minimum absolute atomic E-state index is 0.111. The Morgan fingerprint density at radius 3 is 2.44 bits per heavy atom. The van der Waals surface area contributed by atoms with Gasteiger partial charge in [0.2, 0.25) is 5.91 Å². The summed E-state index contributed by atoms with van der Waals surface area (Å²) in [6.07, 6.45) is 1.18. The molecule has 2 aromatic rings. The first-order valence-electron chi connectivity index (χ1n) is 8.52. The van der Waals surface area contributed by atoms with E-state index in [-0.39, 0.29) is 17.7 Å². The zero-order chi connectivity index (χ0) is 19.6. The van der Waals surface area contributed by atoms with Gasteiger partial charge in [0, 0.05) is 29.4 Å². The van der Waals surface area contributed by atoms with E-state index in [1.165, 1.54) is 13.2 Å². The number of methoxy groups -OCH3 is 1. The van der Waals surface area contributed by atoms with Gasteiger partial charge in [0.1, 0.15) is 0 Å². The molecular weight excluding hydrogens is 344 g/mol. The molecule has 0 fully saturated rings. The van der Waals surface area contributed by atoms with Gasteiger partial charge in [-0.25, -0.2) is 4.79 Å². The van der Waals surface area contributed by atoms with Gasteiger partial charge in [-0.2, -0.15) is 0 Å². The standard InChI is InChI=1S/C21H20N2O4/c1-4-19(24)22-16-8-5-14(6-9-16)20(25)23-12-13(2)17-11-15(21(26)27-3)7-10-18(17)23/h4-11,13H,1,12H2,2-3H3,(H,22,24). The number of carbonyl (C=O) groups is 3. The molecule has 0 aliphatic carbocycles. The van der Waals surface area contributed by atoms with Crippen molar-refractivity contribution in [2.45, 2.75) is 12.8 Å². The van der Waals surface area contributed by atoms with Crippen LogP contribution in [0.1, 0.15) is 39.1 Å². The largest absolute Gasteiger partial charge is 0.465 e. The molecule has 1 aliphatic rings. The summed E-state index contributed by atoms with van der Waals surface area (Å²) in [6, 6.07) is 11.9. The highest BCUT2D eigenvalue weighted by Crippen LogP contribution is 2.37. The normalized spacial score (nSPS) is 15.0. The number of carbonyl (C=O) groups excluding carboxylic acids is 3. The minimum Gasteiger partial charge on any atom is -0.465 e. The molecule has 6 nitrogen and oxygen atoms in total. The van der Waals surface area contributed by atoms with E-state index in [1.54, 1.807) is 47.4 Å². The van der Waals surface area contributed by atoms with Gasteiger partial charge in [-0.3, -0.25) is 9.59 Å². The molecule has 1 unspecified atom stereocenters. The van der Waals surface area contributed by atoms with Gasteiger partial charge >= 0.3 is 5.97 Å². The minimum atomic E-state index is -0.396. The summed E-state index contributed by atoms with van der Waals surface area (Å²) >= 11 is 0. The molecule has 2 amide bonds. The van der Waals surface area contributed by atoms with E-state index in [0.717, 1.165) is 11.3 Å². The molecule has 0 bridgehead atoms. The Kier molecular flexibility index (Phi) is 5.07. The van der Waals surface area contributed by atoms with E-state index in [1.807, 2.05) is 6.92 Å². The predicted octanol–water partition coefficient (Wildman–Crippen LogP) is 3.36. The van der Waals surface area contributed by atoms with E-state index in [9.17, 15) is 14.4 Å². The van der Waals surface area contributed by atoms with Crippen LogP contribution in [-0.2, 0) is 9.53 Å². The molecule has 0 radical (unpaired) electrons. The van der Waals surface area contributed by atoms with Crippen molar-refractivity contribution in [3.8, 4) is 0 Å². The van der Waals surface area contributed by atoms with Crippen LogP contribution in [0.5, 0.6) is 0 Å². The predicted molar refractivity (Wildman–Crippen MR) is 103 cm³/mol. The summed E-state index contributed by atoms with van der Waals surface area (Å²) in [7, 11) is 1.34. The first kappa shape index (κ1) is 18.4. The van der Waals surface area contributed by atoms with Crippen LogP contribution in [0.4, 0.5) is 11.4 Å². The number of hydrogen-bond acceptors (Lipinski definition) is 4. The highest BCUT2D eigenvalue weighted by Gasteiger charge is 2.31. The Morgan fingerprint density at radius 2 is 1.81 bits per heavy atom. The number of fused-ring (bicyclic) bond motifs is 1. The molecule has 0 aromatic heterocycles. The lowest BCUT2D eigenvalue weighted by Crippen LogP contribution is -2.29. The summed E-state index contributed by atoms with van der Waals surface area (Å²) in [5.74, 6) is -0.725. The van der Waals surface area contributed by atoms with Crippen LogP contribution in [0.25, 0.3) is 0 Å². The van der Waals surface area contributed by atoms with Crippen molar-refractivity contribution >= 4 is 29.2 Å². The summed E-state index contributed by atoms with van der Waals surface area (Å²) in [6.45, 7) is 5.95. The molecule has 2 aromatic carbocycles. The number of anilines is 2. The highest BCUT2D eigenvalue weighted by atomic mass is 16.5. The van der Waals surface area contributed by atoms with Gasteiger partial charge in [-0.1, -0.05) is 13.5 Å². The molecule has 0 spiro atoms. The van der Waals surface area contributed by atoms with Gasteiger partial charge in [0.25, 0.3) is 5.91 Å². The summed E-state index contributed by atoms with van der Waals surface area (Å²) in [5, 5.41) is 2.65. The van der Waals surface area contributed by atoms with Crippen molar-refractivity contribution in [2.24, 2.45) is 0 Å². The van der Waals surface area contributed by atoms with Crippen molar-refractivity contribution in [3.63, 3.8) is 0 Å². The zero-order valence-corrected chi connectivity index (χ0v) is 15.2. The number of hydrogen-bond donors (Lipinski definition) is 1. The molecule has 1 heterocycles. The molecule has 6 heteroatoms. The van der Waals surface area contributed by atoms with Gasteiger partial charge in [-0.05, 0) is 54.1 Å². The van der Waals surface area contributed by atoms with Gasteiger partial charge in [-0.15, -0.1) is 0 Å². The fourth-order valence-electron chi connectivity index (χ4n) is 3.15. The Morgan fingerprint density at radius 1 is 1.15 bits per heavy atom. The maximum absolute atomic E-state index is 13.0. The second-order valence-corrected chi connectivity index (χ2v) is 6.35. The molecule has 1 aliphatic heterocycles. The Hall–Kier alpha value is -3.41. The average Bonchev–Trinajstić information content (AvgIpc) is 3.03. The molecule has 3 rings (SSSR count). The van der Waals surface area contributed by atoms with Crippen molar-refractivity contribution < 1.29 is 19.1 Å². The molecular formula is C21H20N2O4.